The third-order valence-corrected chi connectivity index (χ3v) is 2.05. The first kappa shape index (κ1) is 11.6. The highest BCUT2D eigenvalue weighted by atomic mass is 16.3. The quantitative estimate of drug-likeness (QED) is 0.605. The Hall–Kier alpha value is -1.49. The molecule has 1 heterocycles. The van der Waals surface area contributed by atoms with Crippen molar-refractivity contribution in [3.05, 3.63) is 24.0 Å². The molecule has 0 aliphatic heterocycles. The van der Waals surface area contributed by atoms with E-state index in [0.29, 0.717) is 0 Å². The largest absolute Gasteiger partial charge is 0.506 e. The van der Waals surface area contributed by atoms with E-state index >= 15 is 0 Å². The third-order valence-electron chi connectivity index (χ3n) is 2.05. The van der Waals surface area contributed by atoms with E-state index in [1.807, 2.05) is 0 Å². The molecule has 1 rings (SSSR count). The molecule has 0 aliphatic rings. The van der Waals surface area contributed by atoms with Gasteiger partial charge < -0.3 is 5.11 Å². The number of pyridine rings is 1. The lowest BCUT2D eigenvalue weighted by Crippen LogP contribution is -1.85. The van der Waals surface area contributed by atoms with E-state index in [1.54, 1.807) is 12.1 Å². The maximum Gasteiger partial charge on any atom is 0.133 e. The Kier molecular flexibility index (Phi) is 4.70. The Morgan fingerprint density at radius 3 is 2.80 bits per heavy atom. The first-order valence-corrected chi connectivity index (χ1v) is 5.32. The molecule has 0 saturated carbocycles. The molecule has 1 aromatic rings. The van der Waals surface area contributed by atoms with E-state index in [0.717, 1.165) is 24.5 Å². The summed E-state index contributed by atoms with van der Waals surface area (Å²) in [7, 11) is 0. The smallest absolute Gasteiger partial charge is 0.133 e. The fourth-order valence-electron chi connectivity index (χ4n) is 1.21. The molecule has 15 heavy (non-hydrogen) atoms. The van der Waals surface area contributed by atoms with Crippen LogP contribution in [-0.2, 0) is 0 Å². The van der Waals surface area contributed by atoms with Gasteiger partial charge in [0.1, 0.15) is 11.4 Å². The molecule has 0 unspecified atom stereocenters. The van der Waals surface area contributed by atoms with Crippen molar-refractivity contribution in [1.29, 1.82) is 0 Å². The van der Waals surface area contributed by atoms with Crippen LogP contribution < -0.4 is 0 Å². The summed E-state index contributed by atoms with van der Waals surface area (Å²) >= 11 is 0. The lowest BCUT2D eigenvalue weighted by Gasteiger charge is -1.99. The zero-order valence-electron chi connectivity index (χ0n) is 9.33. The first-order chi connectivity index (χ1) is 7.18. The number of hydrogen-bond donors (Lipinski definition) is 1. The minimum atomic E-state index is 0.181. The second-order valence-corrected chi connectivity index (χ2v) is 3.99. The van der Waals surface area contributed by atoms with E-state index in [-0.39, 0.29) is 5.75 Å². The molecule has 1 aromatic heterocycles. The Balaban J connectivity index is 2.35. The number of rotatable bonds is 3. The number of hydrogen-bond acceptors (Lipinski definition) is 2. The number of nitrogens with zero attached hydrogens (tertiary/aromatic N) is 1. The van der Waals surface area contributed by atoms with Gasteiger partial charge in [-0.25, -0.2) is 4.98 Å². The molecule has 80 valence electrons. The average molecular weight is 203 g/mol. The summed E-state index contributed by atoms with van der Waals surface area (Å²) in [6.45, 7) is 4.43. The first-order valence-electron chi connectivity index (χ1n) is 5.32. The zero-order valence-corrected chi connectivity index (χ0v) is 9.33. The van der Waals surface area contributed by atoms with Crippen LogP contribution >= 0.6 is 0 Å². The maximum absolute atomic E-state index is 9.02. The molecule has 0 radical (unpaired) electrons. The van der Waals surface area contributed by atoms with E-state index in [1.165, 1.54) is 12.6 Å². The number of aromatic hydroxyl groups is 1. The van der Waals surface area contributed by atoms with Crippen molar-refractivity contribution < 1.29 is 5.11 Å². The molecule has 0 saturated heterocycles. The lowest BCUT2D eigenvalue weighted by atomic mass is 10.1. The Labute approximate surface area is 91.4 Å². The molecule has 0 aromatic carbocycles. The van der Waals surface area contributed by atoms with Crippen molar-refractivity contribution in [3.63, 3.8) is 0 Å². The summed E-state index contributed by atoms with van der Waals surface area (Å²) < 4.78 is 0. The molecule has 2 heteroatoms. The minimum absolute atomic E-state index is 0.181. The van der Waals surface area contributed by atoms with Crippen molar-refractivity contribution in [1.82, 2.24) is 4.98 Å². The molecule has 0 fully saturated rings. The molecule has 0 atom stereocenters. The van der Waals surface area contributed by atoms with Gasteiger partial charge in [0.2, 0.25) is 0 Å². The van der Waals surface area contributed by atoms with Crippen molar-refractivity contribution in [2.75, 3.05) is 0 Å². The summed E-state index contributed by atoms with van der Waals surface area (Å²) in [4.78, 5) is 3.99. The Bertz CT molecular complexity index is 343. The second kappa shape index (κ2) is 6.08. The molecular formula is C13H17NO. The van der Waals surface area contributed by atoms with Gasteiger partial charge in [0.25, 0.3) is 0 Å². The standard InChI is InChI=1S/C13H17NO/c1-11(2)6-4-3-5-7-12-8-9-13(15)10-14-12/h8-11,15H,3-4,6H2,1-2H3. The van der Waals surface area contributed by atoms with Gasteiger partial charge in [-0.1, -0.05) is 26.2 Å². The summed E-state index contributed by atoms with van der Waals surface area (Å²) in [5.41, 5.74) is 0.720. The monoisotopic (exact) mass is 203 g/mol. The van der Waals surface area contributed by atoms with Gasteiger partial charge in [-0.3, -0.25) is 0 Å². The van der Waals surface area contributed by atoms with Crippen molar-refractivity contribution in [2.45, 2.75) is 33.1 Å². The highest BCUT2D eigenvalue weighted by Gasteiger charge is 1.92. The van der Waals surface area contributed by atoms with Gasteiger partial charge in [-0.15, -0.1) is 0 Å². The van der Waals surface area contributed by atoms with Gasteiger partial charge in [0.15, 0.2) is 0 Å². The van der Waals surface area contributed by atoms with Crippen LogP contribution in [0.3, 0.4) is 0 Å². The lowest BCUT2D eigenvalue weighted by molar-refractivity contribution is 0.472. The topological polar surface area (TPSA) is 33.1 Å². The molecule has 0 spiro atoms. The fourth-order valence-corrected chi connectivity index (χ4v) is 1.21. The maximum atomic E-state index is 9.02. The average Bonchev–Trinajstić information content (AvgIpc) is 2.20. The number of aromatic nitrogens is 1. The van der Waals surface area contributed by atoms with Gasteiger partial charge in [-0.05, 0) is 30.4 Å². The van der Waals surface area contributed by atoms with Crippen LogP contribution in [0.15, 0.2) is 18.3 Å². The van der Waals surface area contributed by atoms with E-state index in [9.17, 15) is 0 Å². The fraction of sp³-hybridized carbons (Fsp3) is 0.462. The van der Waals surface area contributed by atoms with Gasteiger partial charge >= 0.3 is 0 Å². The molecule has 2 nitrogen and oxygen atoms in total. The van der Waals surface area contributed by atoms with Crippen LogP contribution in [0.4, 0.5) is 0 Å². The molecule has 1 N–H and O–H groups in total. The molecule has 0 amide bonds. The zero-order chi connectivity index (χ0) is 11.1. The van der Waals surface area contributed by atoms with Crippen LogP contribution in [0.5, 0.6) is 5.75 Å². The molecule has 0 bridgehead atoms. The van der Waals surface area contributed by atoms with Crippen molar-refractivity contribution in [2.24, 2.45) is 5.92 Å². The Morgan fingerprint density at radius 1 is 1.40 bits per heavy atom. The van der Waals surface area contributed by atoms with Gasteiger partial charge in [0.05, 0.1) is 6.20 Å². The van der Waals surface area contributed by atoms with Crippen LogP contribution in [0.2, 0.25) is 0 Å². The highest BCUT2D eigenvalue weighted by Crippen LogP contribution is 2.06. The molecular weight excluding hydrogens is 186 g/mol. The Morgan fingerprint density at radius 2 is 2.20 bits per heavy atom. The summed E-state index contributed by atoms with van der Waals surface area (Å²) in [5, 5.41) is 9.02. The SMILES string of the molecule is CC(C)CCCC#Cc1ccc(O)cn1. The van der Waals surface area contributed by atoms with E-state index in [2.05, 4.69) is 30.7 Å². The van der Waals surface area contributed by atoms with E-state index < -0.39 is 0 Å². The van der Waals surface area contributed by atoms with Crippen LogP contribution in [0, 0.1) is 17.8 Å². The third kappa shape index (κ3) is 5.07. The minimum Gasteiger partial charge on any atom is -0.506 e. The van der Waals surface area contributed by atoms with Crippen molar-refractivity contribution in [3.8, 4) is 17.6 Å². The summed E-state index contributed by atoms with van der Waals surface area (Å²) in [6, 6.07) is 3.33. The van der Waals surface area contributed by atoms with Gasteiger partial charge in [-0.2, -0.15) is 0 Å². The predicted molar refractivity (Wildman–Crippen MR) is 61.5 cm³/mol. The van der Waals surface area contributed by atoms with Crippen molar-refractivity contribution >= 4 is 0 Å². The molecule has 0 aliphatic carbocycles. The highest BCUT2D eigenvalue weighted by molar-refractivity contribution is 5.30. The van der Waals surface area contributed by atoms with Crippen LogP contribution in [0.1, 0.15) is 38.8 Å². The van der Waals surface area contributed by atoms with E-state index in [4.69, 9.17) is 5.11 Å². The summed E-state index contributed by atoms with van der Waals surface area (Å²) in [6.07, 6.45) is 4.69. The normalized spacial score (nSPS) is 9.80. The van der Waals surface area contributed by atoms with Crippen LogP contribution in [0.25, 0.3) is 0 Å². The summed E-state index contributed by atoms with van der Waals surface area (Å²) in [5.74, 6) is 6.99. The van der Waals surface area contributed by atoms with Gasteiger partial charge in [0, 0.05) is 6.42 Å². The second-order valence-electron chi connectivity index (χ2n) is 3.99. The number of unbranched alkanes of at least 4 members (excludes halogenated alkanes) is 1. The predicted octanol–water partition coefficient (Wildman–Crippen LogP) is 2.97. The van der Waals surface area contributed by atoms with Crippen LogP contribution in [-0.4, -0.2) is 10.1 Å².